The molecule has 2 rings (SSSR count). The van der Waals surface area contributed by atoms with Crippen LogP contribution in [0.4, 0.5) is 5.69 Å². The zero-order valence-electron chi connectivity index (χ0n) is 12.4. The van der Waals surface area contributed by atoms with Crippen molar-refractivity contribution in [1.29, 1.82) is 0 Å². The topological polar surface area (TPSA) is 64.6 Å². The van der Waals surface area contributed by atoms with Crippen LogP contribution in [0.25, 0.3) is 0 Å². The number of rotatable bonds is 3. The maximum absolute atomic E-state index is 12.5. The van der Waals surface area contributed by atoms with Gasteiger partial charge in [0, 0.05) is 26.2 Å². The van der Waals surface area contributed by atoms with E-state index in [1.54, 1.807) is 6.07 Å². The molecule has 5 nitrogen and oxygen atoms in total. The van der Waals surface area contributed by atoms with Gasteiger partial charge in [-0.25, -0.2) is 0 Å². The van der Waals surface area contributed by atoms with E-state index in [4.69, 9.17) is 0 Å². The van der Waals surface area contributed by atoms with E-state index < -0.39 is 5.54 Å². The van der Waals surface area contributed by atoms with Gasteiger partial charge in [0.2, 0.25) is 5.91 Å². The van der Waals surface area contributed by atoms with Gasteiger partial charge in [-0.05, 0) is 32.4 Å². The average molecular weight is 277 g/mol. The van der Waals surface area contributed by atoms with Gasteiger partial charge >= 0.3 is 0 Å². The molecule has 0 atom stereocenters. The van der Waals surface area contributed by atoms with Crippen LogP contribution in [0.15, 0.2) is 18.2 Å². The van der Waals surface area contributed by atoms with E-state index in [0.717, 1.165) is 31.7 Å². The van der Waals surface area contributed by atoms with Gasteiger partial charge in [0.15, 0.2) is 0 Å². The molecule has 0 aliphatic carbocycles. The largest absolute Gasteiger partial charge is 0.505 e. The van der Waals surface area contributed by atoms with Gasteiger partial charge in [-0.1, -0.05) is 12.1 Å². The lowest BCUT2D eigenvalue weighted by Gasteiger charge is -2.39. The molecular formula is C15H23N3O2. The Morgan fingerprint density at radius 2 is 2.00 bits per heavy atom. The third-order valence-electron chi connectivity index (χ3n) is 3.95. The van der Waals surface area contributed by atoms with E-state index in [9.17, 15) is 9.90 Å². The number of amides is 1. The number of aromatic hydroxyl groups is 1. The lowest BCUT2D eigenvalue weighted by atomic mass is 10.00. The third kappa shape index (κ3) is 2.94. The van der Waals surface area contributed by atoms with Gasteiger partial charge in [-0.2, -0.15) is 0 Å². The van der Waals surface area contributed by atoms with Crippen LogP contribution in [0.3, 0.4) is 0 Å². The molecule has 3 N–H and O–H groups in total. The van der Waals surface area contributed by atoms with Crippen molar-refractivity contribution in [3.05, 3.63) is 23.8 Å². The van der Waals surface area contributed by atoms with Crippen LogP contribution in [0.2, 0.25) is 0 Å². The molecule has 0 bridgehead atoms. The van der Waals surface area contributed by atoms with Crippen molar-refractivity contribution < 1.29 is 9.90 Å². The summed E-state index contributed by atoms with van der Waals surface area (Å²) < 4.78 is 0. The van der Waals surface area contributed by atoms with E-state index in [2.05, 4.69) is 15.5 Å². The summed E-state index contributed by atoms with van der Waals surface area (Å²) in [5.41, 5.74) is 0.624. The van der Waals surface area contributed by atoms with Gasteiger partial charge in [0.1, 0.15) is 5.75 Å². The van der Waals surface area contributed by atoms with Gasteiger partial charge < -0.3 is 15.7 Å². The SMILES string of the molecule is Cc1cccc(NC(=O)C(C)(C)N2CCNCC2)c1O. The first-order valence-corrected chi connectivity index (χ1v) is 6.98. The summed E-state index contributed by atoms with van der Waals surface area (Å²) in [6, 6.07) is 5.35. The lowest BCUT2D eigenvalue weighted by Crippen LogP contribution is -2.58. The van der Waals surface area contributed by atoms with Crippen LogP contribution in [0.5, 0.6) is 5.75 Å². The van der Waals surface area contributed by atoms with Crippen LogP contribution in [-0.4, -0.2) is 47.6 Å². The number of benzene rings is 1. The number of nitrogens with zero attached hydrogens (tertiary/aromatic N) is 1. The molecule has 0 radical (unpaired) electrons. The highest BCUT2D eigenvalue weighted by Gasteiger charge is 2.35. The Morgan fingerprint density at radius 1 is 1.35 bits per heavy atom. The Bertz CT molecular complexity index is 494. The van der Waals surface area contributed by atoms with Crippen molar-refractivity contribution in [2.75, 3.05) is 31.5 Å². The molecule has 0 saturated carbocycles. The Morgan fingerprint density at radius 3 is 2.65 bits per heavy atom. The number of hydrogen-bond donors (Lipinski definition) is 3. The molecule has 1 aliphatic rings. The molecule has 1 saturated heterocycles. The van der Waals surface area contributed by atoms with Gasteiger partial charge in [-0.15, -0.1) is 0 Å². The molecular weight excluding hydrogens is 254 g/mol. The Kier molecular flexibility index (Phi) is 4.30. The monoisotopic (exact) mass is 277 g/mol. The predicted molar refractivity (Wildman–Crippen MR) is 80.0 cm³/mol. The Labute approximate surface area is 120 Å². The quantitative estimate of drug-likeness (QED) is 0.729. The molecule has 0 aromatic heterocycles. The number of piperazine rings is 1. The molecule has 1 amide bonds. The zero-order valence-corrected chi connectivity index (χ0v) is 12.4. The smallest absolute Gasteiger partial charge is 0.244 e. The second kappa shape index (κ2) is 5.81. The number of carbonyl (C=O) groups is 1. The number of para-hydroxylation sites is 1. The van der Waals surface area contributed by atoms with E-state index >= 15 is 0 Å². The fraction of sp³-hybridized carbons (Fsp3) is 0.533. The van der Waals surface area contributed by atoms with Crippen molar-refractivity contribution in [1.82, 2.24) is 10.2 Å². The predicted octanol–water partition coefficient (Wildman–Crippen LogP) is 1.32. The van der Waals surface area contributed by atoms with E-state index in [1.807, 2.05) is 32.9 Å². The maximum atomic E-state index is 12.5. The molecule has 0 spiro atoms. The second-order valence-corrected chi connectivity index (χ2v) is 5.72. The molecule has 0 unspecified atom stereocenters. The number of phenols is 1. The number of phenolic OH excluding ortho intramolecular Hbond substituents is 1. The van der Waals surface area contributed by atoms with Crippen LogP contribution in [0, 0.1) is 6.92 Å². The molecule has 5 heteroatoms. The molecule has 1 aliphatic heterocycles. The first kappa shape index (κ1) is 14.8. The highest BCUT2D eigenvalue weighted by Crippen LogP contribution is 2.28. The van der Waals surface area contributed by atoms with Gasteiger partial charge in [-0.3, -0.25) is 9.69 Å². The normalized spacial score (nSPS) is 16.9. The number of anilines is 1. The summed E-state index contributed by atoms with van der Waals surface area (Å²) in [6.07, 6.45) is 0. The number of nitrogens with one attached hydrogen (secondary N) is 2. The minimum Gasteiger partial charge on any atom is -0.505 e. The minimum atomic E-state index is -0.599. The highest BCUT2D eigenvalue weighted by molar-refractivity contribution is 5.98. The van der Waals surface area contributed by atoms with Gasteiger partial charge in [0.05, 0.1) is 11.2 Å². The Balaban J connectivity index is 2.12. The highest BCUT2D eigenvalue weighted by atomic mass is 16.3. The molecule has 110 valence electrons. The van der Waals surface area contributed by atoms with Crippen molar-refractivity contribution in [2.24, 2.45) is 0 Å². The third-order valence-corrected chi connectivity index (χ3v) is 3.95. The van der Waals surface area contributed by atoms with Crippen LogP contribution in [0.1, 0.15) is 19.4 Å². The van der Waals surface area contributed by atoms with E-state index in [-0.39, 0.29) is 11.7 Å². The summed E-state index contributed by atoms with van der Waals surface area (Å²) in [7, 11) is 0. The summed E-state index contributed by atoms with van der Waals surface area (Å²) in [5, 5.41) is 16.1. The number of hydrogen-bond acceptors (Lipinski definition) is 4. The zero-order chi connectivity index (χ0) is 14.8. The standard InChI is InChI=1S/C15H23N3O2/c1-11-5-4-6-12(13(11)19)17-14(20)15(2,3)18-9-7-16-8-10-18/h4-6,16,19H,7-10H2,1-3H3,(H,17,20). The molecule has 1 fully saturated rings. The molecule has 1 aromatic carbocycles. The second-order valence-electron chi connectivity index (χ2n) is 5.72. The Hall–Kier alpha value is -1.59. The van der Waals surface area contributed by atoms with Crippen LogP contribution >= 0.6 is 0 Å². The summed E-state index contributed by atoms with van der Waals surface area (Å²) in [5.74, 6) is 0.0391. The minimum absolute atomic E-state index is 0.0969. The summed E-state index contributed by atoms with van der Waals surface area (Å²) in [6.45, 7) is 9.13. The average Bonchev–Trinajstić information content (AvgIpc) is 2.44. The lowest BCUT2D eigenvalue weighted by molar-refractivity contribution is -0.126. The fourth-order valence-electron chi connectivity index (χ4n) is 2.40. The summed E-state index contributed by atoms with van der Waals surface area (Å²) in [4.78, 5) is 14.7. The van der Waals surface area contributed by atoms with Crippen LogP contribution in [-0.2, 0) is 4.79 Å². The van der Waals surface area contributed by atoms with Gasteiger partial charge in [0.25, 0.3) is 0 Å². The number of carbonyl (C=O) groups excluding carboxylic acids is 1. The van der Waals surface area contributed by atoms with E-state index in [1.165, 1.54) is 0 Å². The van der Waals surface area contributed by atoms with Crippen molar-refractivity contribution in [2.45, 2.75) is 26.3 Å². The number of aryl methyl sites for hydroxylation is 1. The fourth-order valence-corrected chi connectivity index (χ4v) is 2.40. The maximum Gasteiger partial charge on any atom is 0.244 e. The molecule has 1 aromatic rings. The van der Waals surface area contributed by atoms with E-state index in [0.29, 0.717) is 5.69 Å². The first-order chi connectivity index (χ1) is 9.43. The molecule has 20 heavy (non-hydrogen) atoms. The first-order valence-electron chi connectivity index (χ1n) is 6.98. The van der Waals surface area contributed by atoms with Crippen LogP contribution < -0.4 is 10.6 Å². The summed E-state index contributed by atoms with van der Waals surface area (Å²) >= 11 is 0. The molecule has 1 heterocycles. The van der Waals surface area contributed by atoms with Crippen molar-refractivity contribution in [3.8, 4) is 5.75 Å². The van der Waals surface area contributed by atoms with Crippen molar-refractivity contribution >= 4 is 11.6 Å². The van der Waals surface area contributed by atoms with Crippen molar-refractivity contribution in [3.63, 3.8) is 0 Å².